The number of nitrogens with one attached hydrogen (secondary N) is 2. The fraction of sp³-hybridized carbons (Fsp3) is 0.346. The van der Waals surface area contributed by atoms with Crippen molar-refractivity contribution in [2.75, 3.05) is 33.3 Å². The third-order valence-electron chi connectivity index (χ3n) is 5.75. The summed E-state index contributed by atoms with van der Waals surface area (Å²) in [7, 11) is 1.82. The molecule has 8 heteroatoms. The summed E-state index contributed by atoms with van der Waals surface area (Å²) in [6.45, 7) is 1.37. The number of hydrogen-bond acceptors (Lipinski definition) is 5. The fourth-order valence-corrected chi connectivity index (χ4v) is 4.05. The van der Waals surface area contributed by atoms with Crippen LogP contribution in [0.15, 0.2) is 48.5 Å². The highest BCUT2D eigenvalue weighted by Crippen LogP contribution is 2.44. The van der Waals surface area contributed by atoms with Gasteiger partial charge < -0.3 is 20.5 Å². The number of hydrogen-bond donors (Lipinski definition) is 3. The molecule has 3 rings (SSSR count). The molecule has 0 bridgehead atoms. The smallest absolute Gasteiger partial charge is 0.407 e. The summed E-state index contributed by atoms with van der Waals surface area (Å²) in [4.78, 5) is 38.0. The van der Waals surface area contributed by atoms with Crippen molar-refractivity contribution in [2.45, 2.75) is 24.8 Å². The van der Waals surface area contributed by atoms with Crippen LogP contribution in [-0.4, -0.2) is 67.3 Å². The maximum Gasteiger partial charge on any atom is 0.407 e. The summed E-state index contributed by atoms with van der Waals surface area (Å²) in [5.74, 6) is 0.873. The van der Waals surface area contributed by atoms with Crippen molar-refractivity contribution in [2.24, 2.45) is 0 Å². The number of nitrogens with zero attached hydrogens (tertiary/aromatic N) is 1. The van der Waals surface area contributed by atoms with Gasteiger partial charge in [-0.1, -0.05) is 54.5 Å². The summed E-state index contributed by atoms with van der Waals surface area (Å²) in [6.07, 6.45) is 4.18. The van der Waals surface area contributed by atoms with E-state index in [0.29, 0.717) is 19.6 Å². The highest BCUT2D eigenvalue weighted by Gasteiger charge is 2.30. The maximum atomic E-state index is 12.6. The van der Waals surface area contributed by atoms with Crippen molar-refractivity contribution in [3.63, 3.8) is 0 Å². The first-order valence-corrected chi connectivity index (χ1v) is 11.1. The van der Waals surface area contributed by atoms with Crippen LogP contribution >= 0.6 is 0 Å². The molecule has 0 fully saturated rings. The van der Waals surface area contributed by atoms with Crippen molar-refractivity contribution < 1.29 is 24.2 Å². The topological polar surface area (TPSA) is 108 Å². The summed E-state index contributed by atoms with van der Waals surface area (Å²) >= 11 is 0. The van der Waals surface area contributed by atoms with Gasteiger partial charge in [0.25, 0.3) is 0 Å². The molecule has 0 spiro atoms. The Morgan fingerprint density at radius 1 is 1.12 bits per heavy atom. The summed E-state index contributed by atoms with van der Waals surface area (Å²) in [6, 6.07) is 14.9. The lowest BCUT2D eigenvalue weighted by Gasteiger charge is -2.20. The molecule has 0 saturated heterocycles. The number of likely N-dealkylation sites (N-methyl/N-ethyl adjacent to an activating group) is 1. The van der Waals surface area contributed by atoms with Gasteiger partial charge in [-0.05, 0) is 35.7 Å². The van der Waals surface area contributed by atoms with Crippen LogP contribution in [0.2, 0.25) is 0 Å². The van der Waals surface area contributed by atoms with E-state index in [1.807, 2.05) is 60.5 Å². The van der Waals surface area contributed by atoms with Gasteiger partial charge in [0.15, 0.2) is 0 Å². The molecule has 1 atom stereocenters. The zero-order valence-electron chi connectivity index (χ0n) is 19.1. The summed E-state index contributed by atoms with van der Waals surface area (Å²) in [5, 5.41) is 14.3. The number of benzene rings is 2. The molecule has 0 radical (unpaired) electrons. The number of carboxylic acid groups (broad SMARTS) is 1. The van der Waals surface area contributed by atoms with Gasteiger partial charge in [-0.15, -0.1) is 6.42 Å². The van der Waals surface area contributed by atoms with Crippen LogP contribution < -0.4 is 10.6 Å². The van der Waals surface area contributed by atoms with Gasteiger partial charge in [0.1, 0.15) is 12.6 Å². The molecule has 0 saturated carbocycles. The molecule has 3 N–H and O–H groups in total. The molecule has 1 aliphatic carbocycles. The lowest BCUT2D eigenvalue weighted by atomic mass is 9.98. The first-order chi connectivity index (χ1) is 16.4. The maximum absolute atomic E-state index is 12.6. The number of carbonyl (C=O) groups is 3. The van der Waals surface area contributed by atoms with E-state index in [-0.39, 0.29) is 25.4 Å². The predicted octanol–water partition coefficient (Wildman–Crippen LogP) is 2.44. The van der Waals surface area contributed by atoms with Gasteiger partial charge in [-0.2, -0.15) is 0 Å². The Kier molecular flexibility index (Phi) is 8.66. The molecule has 0 aliphatic heterocycles. The summed E-state index contributed by atoms with van der Waals surface area (Å²) in [5.41, 5.74) is 4.38. The average molecular weight is 464 g/mol. The Balaban J connectivity index is 1.59. The van der Waals surface area contributed by atoms with Crippen molar-refractivity contribution in [1.29, 1.82) is 0 Å². The van der Waals surface area contributed by atoms with Crippen LogP contribution in [0.4, 0.5) is 4.79 Å². The first-order valence-electron chi connectivity index (χ1n) is 11.1. The Labute approximate surface area is 199 Å². The van der Waals surface area contributed by atoms with E-state index in [9.17, 15) is 14.4 Å². The van der Waals surface area contributed by atoms with E-state index in [1.54, 1.807) is 0 Å². The number of rotatable bonds is 11. The monoisotopic (exact) mass is 463 g/mol. The number of amides is 2. The molecule has 34 heavy (non-hydrogen) atoms. The van der Waals surface area contributed by atoms with E-state index < -0.39 is 24.0 Å². The first kappa shape index (κ1) is 24.8. The van der Waals surface area contributed by atoms with Gasteiger partial charge in [-0.3, -0.25) is 14.5 Å². The van der Waals surface area contributed by atoms with Crippen molar-refractivity contribution >= 4 is 18.0 Å². The minimum absolute atomic E-state index is 0.0500. The molecule has 2 amide bonds. The Hall–Kier alpha value is -3.83. The molecule has 0 aromatic heterocycles. The largest absolute Gasteiger partial charge is 0.481 e. The normalized spacial score (nSPS) is 12.9. The molecule has 178 valence electrons. The van der Waals surface area contributed by atoms with E-state index in [4.69, 9.17) is 16.3 Å². The number of carbonyl (C=O) groups excluding carboxylic acids is 2. The zero-order chi connectivity index (χ0) is 24.5. The van der Waals surface area contributed by atoms with Crippen LogP contribution in [0.3, 0.4) is 0 Å². The quantitative estimate of drug-likeness (QED) is 0.442. The second-order valence-corrected chi connectivity index (χ2v) is 8.19. The second kappa shape index (κ2) is 11.9. The van der Waals surface area contributed by atoms with Gasteiger partial charge in [0.05, 0.1) is 6.54 Å². The Morgan fingerprint density at radius 2 is 1.74 bits per heavy atom. The van der Waals surface area contributed by atoms with Crippen LogP contribution in [0, 0.1) is 12.3 Å². The number of aliphatic carboxylic acids is 1. The third-order valence-corrected chi connectivity index (χ3v) is 5.75. The SMILES string of the molecule is C#CCN(C)CCNC(=O)C(CCC(=O)O)NC(=O)OCC1c2ccccc2-c2ccccc21. The van der Waals surface area contributed by atoms with Gasteiger partial charge in [0.2, 0.25) is 5.91 Å². The predicted molar refractivity (Wildman–Crippen MR) is 128 cm³/mol. The highest BCUT2D eigenvalue weighted by molar-refractivity contribution is 5.86. The zero-order valence-corrected chi connectivity index (χ0v) is 19.1. The van der Waals surface area contributed by atoms with E-state index in [1.165, 1.54) is 0 Å². The molecule has 1 aliphatic rings. The molecule has 1 unspecified atom stereocenters. The molecular weight excluding hydrogens is 434 g/mol. The fourth-order valence-electron chi connectivity index (χ4n) is 4.05. The van der Waals surface area contributed by atoms with Crippen molar-refractivity contribution in [1.82, 2.24) is 15.5 Å². The number of terminal acetylenes is 1. The standard InChI is InChI=1S/C26H29N3O5/c1-3-15-29(2)16-14-27-25(32)23(12-13-24(30)31)28-26(33)34-17-22-20-10-6-4-8-18(20)19-9-5-7-11-21(19)22/h1,4-11,22-23H,12-17H2,2H3,(H,27,32)(H,28,33)(H,30,31). The van der Waals surface area contributed by atoms with Crippen LogP contribution in [0.25, 0.3) is 11.1 Å². The van der Waals surface area contributed by atoms with E-state index in [2.05, 4.69) is 16.6 Å². The molecule has 8 nitrogen and oxygen atoms in total. The van der Waals surface area contributed by atoms with E-state index in [0.717, 1.165) is 22.3 Å². The van der Waals surface area contributed by atoms with E-state index >= 15 is 0 Å². The van der Waals surface area contributed by atoms with Gasteiger partial charge in [-0.25, -0.2) is 4.79 Å². The Morgan fingerprint density at radius 3 is 2.32 bits per heavy atom. The minimum Gasteiger partial charge on any atom is -0.481 e. The lowest BCUT2D eigenvalue weighted by Crippen LogP contribution is -2.48. The van der Waals surface area contributed by atoms with Crippen LogP contribution in [0.1, 0.15) is 29.9 Å². The Bertz CT molecular complexity index is 1030. The third kappa shape index (κ3) is 6.36. The van der Waals surface area contributed by atoms with Crippen LogP contribution in [0.5, 0.6) is 0 Å². The van der Waals surface area contributed by atoms with Crippen LogP contribution in [-0.2, 0) is 14.3 Å². The van der Waals surface area contributed by atoms with Gasteiger partial charge >= 0.3 is 12.1 Å². The van der Waals surface area contributed by atoms with Crippen molar-refractivity contribution in [3.8, 4) is 23.5 Å². The minimum atomic E-state index is -1.05. The molecule has 2 aromatic carbocycles. The van der Waals surface area contributed by atoms with Gasteiger partial charge in [0, 0.05) is 25.4 Å². The molecule has 0 heterocycles. The van der Waals surface area contributed by atoms with Crippen molar-refractivity contribution in [3.05, 3.63) is 59.7 Å². The second-order valence-electron chi connectivity index (χ2n) is 8.19. The lowest BCUT2D eigenvalue weighted by molar-refractivity contribution is -0.137. The molecular formula is C26H29N3O5. The highest BCUT2D eigenvalue weighted by atomic mass is 16.5. The average Bonchev–Trinajstić information content (AvgIpc) is 3.14. The number of alkyl carbamates (subject to hydrolysis) is 1. The number of ether oxygens (including phenoxy) is 1. The number of fused-ring (bicyclic) bond motifs is 3. The molecule has 2 aromatic rings. The summed E-state index contributed by atoms with van der Waals surface area (Å²) < 4.78 is 5.49. The number of carboxylic acids is 1.